The van der Waals surface area contributed by atoms with Gasteiger partial charge in [-0.25, -0.2) is 4.98 Å². The quantitative estimate of drug-likeness (QED) is 0.282. The van der Waals surface area contributed by atoms with Crippen molar-refractivity contribution in [2.24, 2.45) is 0 Å². The molecule has 0 fully saturated rings. The fraction of sp³-hybridized carbons (Fsp3) is 0.0968. The molecule has 5 nitrogen and oxygen atoms in total. The fourth-order valence-corrected chi connectivity index (χ4v) is 4.26. The summed E-state index contributed by atoms with van der Waals surface area (Å²) in [4.78, 5) is 18.1. The molecule has 1 aromatic heterocycles. The average Bonchev–Trinajstić information content (AvgIpc) is 3.26. The number of carbonyl (C=O) groups excluding carboxylic acids is 1. The first-order chi connectivity index (χ1) is 17.7. The van der Waals surface area contributed by atoms with Crippen LogP contribution in [-0.2, 0) is 13.0 Å². The highest BCUT2D eigenvalue weighted by atomic mass is 16.5. The summed E-state index contributed by atoms with van der Waals surface area (Å²) < 4.78 is 7.43. The van der Waals surface area contributed by atoms with Gasteiger partial charge in [0.25, 0.3) is 5.91 Å². The number of nitrogens with one attached hydrogen (secondary N) is 1. The van der Waals surface area contributed by atoms with E-state index in [2.05, 4.69) is 34.1 Å². The molecule has 0 aliphatic carbocycles. The van der Waals surface area contributed by atoms with E-state index in [-0.39, 0.29) is 5.91 Å². The van der Waals surface area contributed by atoms with Crippen LogP contribution in [0.5, 0.6) is 5.75 Å². The van der Waals surface area contributed by atoms with Gasteiger partial charge in [0.1, 0.15) is 5.75 Å². The molecule has 0 atom stereocenters. The lowest BCUT2D eigenvalue weighted by atomic mass is 10.0. The maximum Gasteiger partial charge on any atom is 0.257 e. The highest BCUT2D eigenvalue weighted by molar-refractivity contribution is 6.03. The maximum absolute atomic E-state index is 13.1. The van der Waals surface area contributed by atoms with Gasteiger partial charge >= 0.3 is 0 Å². The van der Waals surface area contributed by atoms with E-state index in [1.165, 1.54) is 0 Å². The molecule has 5 heteroatoms. The Labute approximate surface area is 211 Å². The summed E-state index contributed by atoms with van der Waals surface area (Å²) in [6.07, 6.45) is 0.648. The third-order valence-corrected chi connectivity index (χ3v) is 6.06. The van der Waals surface area contributed by atoms with E-state index in [9.17, 15) is 4.79 Å². The first kappa shape index (κ1) is 23.1. The predicted molar refractivity (Wildman–Crippen MR) is 143 cm³/mol. The van der Waals surface area contributed by atoms with Gasteiger partial charge in [0.2, 0.25) is 5.95 Å². The van der Waals surface area contributed by atoms with Crippen LogP contribution in [0.3, 0.4) is 0 Å². The zero-order valence-electron chi connectivity index (χ0n) is 20.1. The third-order valence-electron chi connectivity index (χ3n) is 6.06. The molecule has 1 amide bonds. The van der Waals surface area contributed by atoms with Crippen molar-refractivity contribution in [3.05, 3.63) is 138 Å². The van der Waals surface area contributed by atoms with Crippen molar-refractivity contribution in [3.8, 4) is 17.0 Å². The van der Waals surface area contributed by atoms with Crippen molar-refractivity contribution in [1.29, 1.82) is 0 Å². The number of nitrogens with zero attached hydrogens (tertiary/aromatic N) is 2. The van der Waals surface area contributed by atoms with E-state index in [1.807, 2.05) is 78.9 Å². The largest absolute Gasteiger partial charge is 0.497 e. The molecular formula is C31H27N3O2. The van der Waals surface area contributed by atoms with E-state index < -0.39 is 0 Å². The van der Waals surface area contributed by atoms with Crippen LogP contribution in [0.4, 0.5) is 5.95 Å². The summed E-state index contributed by atoms with van der Waals surface area (Å²) in [5.41, 5.74) is 5.76. The highest BCUT2D eigenvalue weighted by Crippen LogP contribution is 2.31. The number of carbonyl (C=O) groups is 1. The molecule has 0 unspecified atom stereocenters. The van der Waals surface area contributed by atoms with Crippen LogP contribution >= 0.6 is 0 Å². The smallest absolute Gasteiger partial charge is 0.257 e. The molecule has 0 aliphatic heterocycles. The second-order valence-electron chi connectivity index (χ2n) is 8.51. The summed E-state index contributed by atoms with van der Waals surface area (Å²) in [6, 6.07) is 37.6. The zero-order valence-corrected chi connectivity index (χ0v) is 20.1. The van der Waals surface area contributed by atoms with Crippen LogP contribution < -0.4 is 10.1 Å². The van der Waals surface area contributed by atoms with Gasteiger partial charge in [-0.15, -0.1) is 0 Å². The topological polar surface area (TPSA) is 56.1 Å². The Kier molecular flexibility index (Phi) is 6.90. The molecule has 0 bridgehead atoms. The molecule has 36 heavy (non-hydrogen) atoms. The number of hydrogen-bond acceptors (Lipinski definition) is 3. The Morgan fingerprint density at radius 1 is 0.778 bits per heavy atom. The molecule has 0 saturated heterocycles. The van der Waals surface area contributed by atoms with E-state index in [0.29, 0.717) is 24.5 Å². The Hall–Kier alpha value is -4.64. The number of hydrogen-bond donors (Lipinski definition) is 1. The van der Waals surface area contributed by atoms with E-state index >= 15 is 0 Å². The van der Waals surface area contributed by atoms with Crippen LogP contribution in [0.15, 0.2) is 115 Å². The minimum Gasteiger partial charge on any atom is -0.497 e. The van der Waals surface area contributed by atoms with Crippen LogP contribution in [0.25, 0.3) is 11.3 Å². The van der Waals surface area contributed by atoms with Crippen molar-refractivity contribution in [1.82, 2.24) is 9.55 Å². The maximum atomic E-state index is 13.1. The monoisotopic (exact) mass is 473 g/mol. The van der Waals surface area contributed by atoms with Crippen molar-refractivity contribution in [2.45, 2.75) is 13.0 Å². The van der Waals surface area contributed by atoms with Crippen molar-refractivity contribution in [3.63, 3.8) is 0 Å². The summed E-state index contributed by atoms with van der Waals surface area (Å²) >= 11 is 0. The molecule has 178 valence electrons. The predicted octanol–water partition coefficient (Wildman–Crippen LogP) is 6.45. The zero-order chi connectivity index (χ0) is 24.7. The molecule has 0 saturated carbocycles. The summed E-state index contributed by atoms with van der Waals surface area (Å²) in [5.74, 6) is 1.13. The van der Waals surface area contributed by atoms with E-state index in [1.54, 1.807) is 19.2 Å². The summed E-state index contributed by atoms with van der Waals surface area (Å²) in [6.45, 7) is 0.542. The van der Waals surface area contributed by atoms with Gasteiger partial charge in [0.05, 0.1) is 25.0 Å². The number of imidazole rings is 1. The SMILES string of the molecule is COc1ccc(Cn2c(NC(=O)c3ccccc3)nc(Cc3ccccc3)c2-c2ccccc2)cc1. The van der Waals surface area contributed by atoms with Gasteiger partial charge in [0, 0.05) is 17.5 Å². The molecule has 0 aliphatic rings. The Bertz CT molecular complexity index is 1430. The highest BCUT2D eigenvalue weighted by Gasteiger charge is 2.21. The lowest BCUT2D eigenvalue weighted by molar-refractivity contribution is 0.102. The standard InChI is InChI=1S/C31H27N3O2/c1-36-27-19-17-24(18-20-27)22-34-29(25-13-7-3-8-14-25)28(21-23-11-5-2-6-12-23)32-31(34)33-30(35)26-15-9-4-10-16-26/h2-20H,21-22H2,1H3,(H,32,33,35). The van der Waals surface area contributed by atoms with E-state index in [4.69, 9.17) is 9.72 Å². The first-order valence-corrected chi connectivity index (χ1v) is 11.9. The van der Waals surface area contributed by atoms with Crippen molar-refractivity contribution in [2.75, 3.05) is 12.4 Å². The molecule has 1 heterocycles. The van der Waals surface area contributed by atoms with Gasteiger partial charge in [-0.05, 0) is 35.4 Å². The second-order valence-corrected chi connectivity index (χ2v) is 8.51. The Morgan fingerprint density at radius 2 is 1.39 bits per heavy atom. The average molecular weight is 474 g/mol. The molecule has 0 radical (unpaired) electrons. The number of benzene rings is 4. The second kappa shape index (κ2) is 10.7. The van der Waals surface area contributed by atoms with Gasteiger partial charge in [-0.2, -0.15) is 0 Å². The van der Waals surface area contributed by atoms with Crippen molar-refractivity contribution < 1.29 is 9.53 Å². The van der Waals surface area contributed by atoms with Crippen LogP contribution in [0, 0.1) is 0 Å². The minimum absolute atomic E-state index is 0.192. The number of ether oxygens (including phenoxy) is 1. The van der Waals surface area contributed by atoms with Gasteiger partial charge in [-0.3, -0.25) is 10.1 Å². The molecule has 1 N–H and O–H groups in total. The van der Waals surface area contributed by atoms with Gasteiger partial charge in [-0.1, -0.05) is 91.0 Å². The van der Waals surface area contributed by atoms with Crippen LogP contribution in [-0.4, -0.2) is 22.6 Å². The van der Waals surface area contributed by atoms with Crippen LogP contribution in [0.2, 0.25) is 0 Å². The molecular weight excluding hydrogens is 446 g/mol. The number of anilines is 1. The molecule has 5 rings (SSSR count). The molecule has 0 spiro atoms. The fourth-order valence-electron chi connectivity index (χ4n) is 4.26. The lowest BCUT2D eigenvalue weighted by Crippen LogP contribution is -2.16. The third kappa shape index (κ3) is 5.20. The number of methoxy groups -OCH3 is 1. The Balaban J connectivity index is 1.62. The minimum atomic E-state index is -0.192. The first-order valence-electron chi connectivity index (χ1n) is 11.9. The molecule has 4 aromatic carbocycles. The van der Waals surface area contributed by atoms with Gasteiger partial charge < -0.3 is 9.30 Å². The number of rotatable bonds is 8. The molecule has 5 aromatic rings. The lowest BCUT2D eigenvalue weighted by Gasteiger charge is -2.14. The normalized spacial score (nSPS) is 10.7. The summed E-state index contributed by atoms with van der Waals surface area (Å²) in [7, 11) is 1.66. The Morgan fingerprint density at radius 3 is 2.03 bits per heavy atom. The number of aromatic nitrogens is 2. The van der Waals surface area contributed by atoms with Crippen molar-refractivity contribution >= 4 is 11.9 Å². The van der Waals surface area contributed by atoms with Crippen LogP contribution in [0.1, 0.15) is 27.2 Å². The van der Waals surface area contributed by atoms with Gasteiger partial charge in [0.15, 0.2) is 0 Å². The summed E-state index contributed by atoms with van der Waals surface area (Å²) in [5, 5.41) is 3.07. The number of amides is 1. The van der Waals surface area contributed by atoms with E-state index in [0.717, 1.165) is 33.8 Å².